The number of fused-ring (bicyclic) bond motifs is 1. The van der Waals surface area contributed by atoms with Crippen molar-refractivity contribution in [2.24, 2.45) is 0 Å². The molecule has 0 aliphatic carbocycles. The zero-order chi connectivity index (χ0) is 19.7. The Balaban J connectivity index is 1.64. The Bertz CT molecular complexity index is 928. The second kappa shape index (κ2) is 7.48. The second-order valence-corrected chi connectivity index (χ2v) is 7.40. The van der Waals surface area contributed by atoms with Gasteiger partial charge >= 0.3 is 0 Å². The molecule has 1 aliphatic rings. The van der Waals surface area contributed by atoms with Crippen molar-refractivity contribution < 1.29 is 23.2 Å². The Kier molecular flexibility index (Phi) is 5.27. The lowest BCUT2D eigenvalue weighted by Crippen LogP contribution is -2.24. The first-order valence-corrected chi connectivity index (χ1v) is 9.16. The van der Waals surface area contributed by atoms with Gasteiger partial charge in [-0.15, -0.1) is 11.8 Å². The zero-order valence-corrected chi connectivity index (χ0v) is 15.4. The number of imide groups is 1. The molecule has 3 rings (SSSR count). The molecule has 5 nitrogen and oxygen atoms in total. The van der Waals surface area contributed by atoms with Gasteiger partial charge in [-0.2, -0.15) is 0 Å². The summed E-state index contributed by atoms with van der Waals surface area (Å²) in [4.78, 5) is 37.0. The molecule has 1 N–H and O–H groups in total. The van der Waals surface area contributed by atoms with Gasteiger partial charge in [0.15, 0.2) is 0 Å². The van der Waals surface area contributed by atoms with E-state index in [2.05, 4.69) is 5.32 Å². The summed E-state index contributed by atoms with van der Waals surface area (Å²) in [5.74, 6) is -2.52. The van der Waals surface area contributed by atoms with Gasteiger partial charge in [0.1, 0.15) is 11.6 Å². The summed E-state index contributed by atoms with van der Waals surface area (Å²) >= 11 is 1.09. The first kappa shape index (κ1) is 19.0. The fraction of sp³-hybridized carbons (Fsp3) is 0.211. The number of amides is 3. The van der Waals surface area contributed by atoms with E-state index in [4.69, 9.17) is 0 Å². The molecule has 1 atom stereocenters. The topological polar surface area (TPSA) is 66.5 Å². The van der Waals surface area contributed by atoms with Gasteiger partial charge in [-0.3, -0.25) is 19.3 Å². The van der Waals surface area contributed by atoms with Gasteiger partial charge in [-0.1, -0.05) is 6.07 Å². The highest BCUT2D eigenvalue weighted by Gasteiger charge is 2.32. The summed E-state index contributed by atoms with van der Waals surface area (Å²) in [6.07, 6.45) is 0. The largest absolute Gasteiger partial charge is 0.325 e. The van der Waals surface area contributed by atoms with Crippen LogP contribution in [0.1, 0.15) is 38.5 Å². The number of benzene rings is 2. The minimum Gasteiger partial charge on any atom is -0.325 e. The lowest BCUT2D eigenvalue weighted by atomic mass is 10.1. The van der Waals surface area contributed by atoms with E-state index in [0.29, 0.717) is 11.3 Å². The quantitative estimate of drug-likeness (QED) is 0.792. The van der Waals surface area contributed by atoms with Crippen molar-refractivity contribution >= 4 is 35.2 Å². The molecule has 0 aromatic heterocycles. The number of hydrogen-bond donors (Lipinski definition) is 1. The normalized spacial score (nSPS) is 14.3. The van der Waals surface area contributed by atoms with Gasteiger partial charge in [0.05, 0.1) is 16.9 Å². The summed E-state index contributed by atoms with van der Waals surface area (Å²) in [6.45, 7) is 1.62. The van der Waals surface area contributed by atoms with E-state index in [-0.39, 0.29) is 28.7 Å². The van der Waals surface area contributed by atoms with Crippen molar-refractivity contribution in [3.8, 4) is 0 Å². The first-order valence-electron chi connectivity index (χ1n) is 8.11. The van der Waals surface area contributed by atoms with Crippen LogP contribution in [-0.4, -0.2) is 35.4 Å². The molecule has 0 fully saturated rings. The molecule has 0 saturated carbocycles. The summed E-state index contributed by atoms with van der Waals surface area (Å²) in [6, 6.07) is 8.10. The Morgan fingerprint density at radius 2 is 1.74 bits per heavy atom. The van der Waals surface area contributed by atoms with Crippen LogP contribution in [-0.2, 0) is 4.79 Å². The van der Waals surface area contributed by atoms with Gasteiger partial charge in [0.25, 0.3) is 11.8 Å². The van der Waals surface area contributed by atoms with Crippen LogP contribution in [0.2, 0.25) is 0 Å². The minimum absolute atomic E-state index is 0.0290. The van der Waals surface area contributed by atoms with Crippen LogP contribution >= 0.6 is 11.8 Å². The monoisotopic (exact) mass is 390 g/mol. The fourth-order valence-corrected chi connectivity index (χ4v) is 3.68. The molecule has 140 valence electrons. The minimum atomic E-state index is -0.652. The number of hydrogen-bond acceptors (Lipinski definition) is 4. The van der Waals surface area contributed by atoms with E-state index in [1.807, 2.05) is 0 Å². The van der Waals surface area contributed by atoms with Crippen molar-refractivity contribution in [1.82, 2.24) is 4.90 Å². The number of carbonyl (C=O) groups is 3. The lowest BCUT2D eigenvalue weighted by molar-refractivity contribution is -0.113. The maximum Gasteiger partial charge on any atom is 0.261 e. The third-order valence-corrected chi connectivity index (χ3v) is 5.41. The van der Waals surface area contributed by atoms with Crippen molar-refractivity contribution in [2.45, 2.75) is 12.2 Å². The molecule has 2 aromatic carbocycles. The number of thioether (sulfide) groups is 1. The molecule has 1 aliphatic heterocycles. The molecule has 1 heterocycles. The van der Waals surface area contributed by atoms with Crippen LogP contribution in [0.25, 0.3) is 0 Å². The molecule has 0 saturated heterocycles. The van der Waals surface area contributed by atoms with Crippen molar-refractivity contribution in [3.05, 3.63) is 64.7 Å². The van der Waals surface area contributed by atoms with Gasteiger partial charge in [-0.05, 0) is 37.3 Å². The third kappa shape index (κ3) is 3.71. The van der Waals surface area contributed by atoms with Crippen molar-refractivity contribution in [1.29, 1.82) is 0 Å². The van der Waals surface area contributed by atoms with Gasteiger partial charge in [0.2, 0.25) is 5.91 Å². The fourth-order valence-electron chi connectivity index (χ4n) is 2.82. The lowest BCUT2D eigenvalue weighted by Gasteiger charge is -2.13. The summed E-state index contributed by atoms with van der Waals surface area (Å²) in [5.41, 5.74) is 0.828. The van der Waals surface area contributed by atoms with Crippen LogP contribution in [0.15, 0.2) is 36.4 Å². The maximum atomic E-state index is 13.8. The average Bonchev–Trinajstić information content (AvgIpc) is 2.84. The highest BCUT2D eigenvalue weighted by Crippen LogP contribution is 2.32. The van der Waals surface area contributed by atoms with E-state index in [0.717, 1.165) is 16.7 Å². The standard InChI is InChI=1S/C19H16F2N2O3S/c1-10(17-14(20)4-3-5-15(17)21)27-9-16(24)22-11-6-7-12-13(8-11)19(26)23(2)18(12)25/h3-8,10H,9H2,1-2H3,(H,22,24). The highest BCUT2D eigenvalue weighted by atomic mass is 32.2. The van der Waals surface area contributed by atoms with Crippen LogP contribution < -0.4 is 5.32 Å². The van der Waals surface area contributed by atoms with E-state index in [1.54, 1.807) is 6.92 Å². The molecular weight excluding hydrogens is 374 g/mol. The number of rotatable bonds is 5. The molecule has 3 amide bonds. The SMILES string of the molecule is CC(SCC(=O)Nc1ccc2c(c1)C(=O)N(C)C2=O)c1c(F)cccc1F. The average molecular weight is 390 g/mol. The predicted octanol–water partition coefficient (Wildman–Crippen LogP) is 3.62. The Labute approximate surface area is 158 Å². The zero-order valence-electron chi connectivity index (χ0n) is 14.6. The van der Waals surface area contributed by atoms with E-state index < -0.39 is 22.8 Å². The van der Waals surface area contributed by atoms with E-state index in [1.165, 1.54) is 43.4 Å². The van der Waals surface area contributed by atoms with Crippen molar-refractivity contribution in [2.75, 3.05) is 18.1 Å². The highest BCUT2D eigenvalue weighted by molar-refractivity contribution is 8.00. The summed E-state index contributed by atoms with van der Waals surface area (Å²) in [5, 5.41) is 2.08. The Morgan fingerprint density at radius 3 is 2.41 bits per heavy atom. The molecule has 1 unspecified atom stereocenters. The Hall–Kier alpha value is -2.74. The van der Waals surface area contributed by atoms with Crippen LogP contribution in [0.3, 0.4) is 0 Å². The summed E-state index contributed by atoms with van der Waals surface area (Å²) in [7, 11) is 1.39. The number of nitrogens with one attached hydrogen (secondary N) is 1. The number of halogens is 2. The maximum absolute atomic E-state index is 13.8. The summed E-state index contributed by atoms with van der Waals surface area (Å²) < 4.78 is 27.6. The molecule has 0 spiro atoms. The smallest absolute Gasteiger partial charge is 0.261 e. The van der Waals surface area contributed by atoms with Gasteiger partial charge in [-0.25, -0.2) is 8.78 Å². The van der Waals surface area contributed by atoms with Crippen LogP contribution in [0.4, 0.5) is 14.5 Å². The molecule has 27 heavy (non-hydrogen) atoms. The molecule has 0 bridgehead atoms. The number of carbonyl (C=O) groups excluding carboxylic acids is 3. The first-order chi connectivity index (χ1) is 12.8. The number of nitrogens with zero attached hydrogens (tertiary/aromatic N) is 1. The van der Waals surface area contributed by atoms with Gasteiger partial charge in [0, 0.05) is 23.5 Å². The molecular formula is C19H16F2N2O3S. The molecule has 0 radical (unpaired) electrons. The second-order valence-electron chi connectivity index (χ2n) is 6.07. The van der Waals surface area contributed by atoms with Crippen LogP contribution in [0, 0.1) is 11.6 Å². The van der Waals surface area contributed by atoms with Crippen molar-refractivity contribution in [3.63, 3.8) is 0 Å². The van der Waals surface area contributed by atoms with E-state index in [9.17, 15) is 23.2 Å². The van der Waals surface area contributed by atoms with Crippen LogP contribution in [0.5, 0.6) is 0 Å². The molecule has 8 heteroatoms. The Morgan fingerprint density at radius 1 is 1.11 bits per heavy atom. The number of anilines is 1. The predicted molar refractivity (Wildman–Crippen MR) is 98.7 cm³/mol. The van der Waals surface area contributed by atoms with Gasteiger partial charge < -0.3 is 5.32 Å². The molecule has 2 aromatic rings. The third-order valence-electron chi connectivity index (χ3n) is 4.24. The van der Waals surface area contributed by atoms with E-state index >= 15 is 0 Å².